The molecule has 2 amide bonds. The molecule has 14 heteroatoms. The molecule has 1 aliphatic carbocycles. The van der Waals surface area contributed by atoms with Crippen molar-refractivity contribution in [3.63, 3.8) is 0 Å². The second-order valence-corrected chi connectivity index (χ2v) is 6.90. The Balaban J connectivity index is 0.000000248. The number of anilines is 1. The number of nitrogens with one attached hydrogen (secondary N) is 1. The van der Waals surface area contributed by atoms with E-state index in [4.69, 9.17) is 10.9 Å². The van der Waals surface area contributed by atoms with E-state index in [1.54, 1.807) is 0 Å². The number of nitrogens with two attached hydrogens (primary N) is 2. The lowest BCUT2D eigenvalue weighted by Gasteiger charge is -2.16. The third-order valence-electron chi connectivity index (χ3n) is 4.15. The second-order valence-electron chi connectivity index (χ2n) is 6.28. The molecule has 2 aromatic rings. The molecule has 0 spiro atoms. The van der Waals surface area contributed by atoms with Gasteiger partial charge >= 0.3 is 18.8 Å². The zero-order valence-corrected chi connectivity index (χ0v) is 16.4. The molecule has 0 unspecified atom stereocenters. The van der Waals surface area contributed by atoms with Gasteiger partial charge < -0.3 is 11.1 Å². The van der Waals surface area contributed by atoms with E-state index in [0.29, 0.717) is 47.9 Å². The molecule has 5 N–H and O–H groups in total. The lowest BCUT2D eigenvalue weighted by atomic mass is 10.0. The molecule has 0 aromatic carbocycles. The van der Waals surface area contributed by atoms with Gasteiger partial charge in [0.15, 0.2) is 10.8 Å². The van der Waals surface area contributed by atoms with E-state index in [1.165, 1.54) is 6.92 Å². The highest BCUT2D eigenvalue weighted by molar-refractivity contribution is 7.97. The maximum atomic E-state index is 12.5. The van der Waals surface area contributed by atoms with Crippen LogP contribution in [0.5, 0.6) is 0 Å². The molecule has 0 saturated heterocycles. The van der Waals surface area contributed by atoms with Crippen LogP contribution in [0.4, 0.5) is 36.8 Å². The maximum Gasteiger partial charge on any atom is 0.394 e. The van der Waals surface area contributed by atoms with Gasteiger partial charge in [-0.15, -0.1) is 0 Å². The Morgan fingerprint density at radius 1 is 1.37 bits per heavy atom. The van der Waals surface area contributed by atoms with E-state index in [2.05, 4.69) is 15.4 Å². The molecule has 0 saturated carbocycles. The number of halogens is 6. The van der Waals surface area contributed by atoms with Gasteiger partial charge in [-0.1, -0.05) is 0 Å². The minimum absolute atomic E-state index is 0.0445. The van der Waals surface area contributed by atoms with Crippen LogP contribution in [0, 0.1) is 12.7 Å². The Morgan fingerprint density at radius 3 is 2.50 bits per heavy atom. The van der Waals surface area contributed by atoms with Crippen molar-refractivity contribution in [1.29, 1.82) is 0 Å². The summed E-state index contributed by atoms with van der Waals surface area (Å²) in [5.74, 6) is -0.835. The molecule has 3 rings (SSSR count). The summed E-state index contributed by atoms with van der Waals surface area (Å²) in [4.78, 5) is 15.1. The van der Waals surface area contributed by atoms with Crippen LogP contribution in [0.1, 0.15) is 35.5 Å². The number of nitrogens with zero attached hydrogens (tertiary/aromatic N) is 3. The molecule has 2 aromatic heterocycles. The largest absolute Gasteiger partial charge is 0.394 e. The Labute approximate surface area is 171 Å². The van der Waals surface area contributed by atoms with Gasteiger partial charge in [-0.2, -0.15) is 27.1 Å². The summed E-state index contributed by atoms with van der Waals surface area (Å²) in [7, 11) is 0. The van der Waals surface area contributed by atoms with Crippen molar-refractivity contribution in [3.8, 4) is 0 Å². The number of hydrogen-bond donors (Lipinski definition) is 3. The second kappa shape index (κ2) is 9.55. The van der Waals surface area contributed by atoms with Crippen molar-refractivity contribution in [2.24, 2.45) is 10.9 Å². The average molecular weight is 456 g/mol. The summed E-state index contributed by atoms with van der Waals surface area (Å²) in [6.07, 6.45) is -2.67. The van der Waals surface area contributed by atoms with Gasteiger partial charge in [0, 0.05) is 5.69 Å². The van der Waals surface area contributed by atoms with E-state index in [9.17, 15) is 31.1 Å². The van der Waals surface area contributed by atoms with Crippen LogP contribution in [-0.2, 0) is 19.3 Å². The molecule has 0 radical (unpaired) electrons. The highest BCUT2D eigenvalue weighted by Crippen LogP contribution is 2.34. The first kappa shape index (κ1) is 23.8. The highest BCUT2D eigenvalue weighted by atomic mass is 32.2. The number of aromatic nitrogens is 3. The van der Waals surface area contributed by atoms with Crippen LogP contribution in [-0.4, -0.2) is 27.0 Å². The Kier molecular flexibility index (Phi) is 7.58. The standard InChI is InChI=1S/C12H14F3N3O.C4H4F3N3S/c1-6-9(5-12(13,14)15)17-8-4-2-3-7(8)10(6)18-11(16)19;5-2-1-10(4(6)7)9-3(2)11-8/h2-5H2,1H3,(H3,16,17,18,19);1,4H,8H2. The lowest BCUT2D eigenvalue weighted by molar-refractivity contribution is -0.127. The van der Waals surface area contributed by atoms with Crippen molar-refractivity contribution in [2.75, 3.05) is 5.32 Å². The zero-order valence-electron chi connectivity index (χ0n) is 15.6. The monoisotopic (exact) mass is 456 g/mol. The van der Waals surface area contributed by atoms with E-state index in [0.717, 1.165) is 12.0 Å². The summed E-state index contributed by atoms with van der Waals surface area (Å²) in [5.41, 5.74) is 7.21. The summed E-state index contributed by atoms with van der Waals surface area (Å²) in [6.45, 7) is -1.30. The van der Waals surface area contributed by atoms with E-state index in [-0.39, 0.29) is 15.4 Å². The van der Waals surface area contributed by atoms with Crippen molar-refractivity contribution >= 4 is 23.7 Å². The summed E-state index contributed by atoms with van der Waals surface area (Å²) in [6, 6.07) is -0.777. The quantitative estimate of drug-likeness (QED) is 0.478. The minimum Gasteiger partial charge on any atom is -0.351 e. The van der Waals surface area contributed by atoms with Crippen LogP contribution < -0.4 is 16.2 Å². The average Bonchev–Trinajstić information content (AvgIpc) is 3.23. The van der Waals surface area contributed by atoms with Gasteiger partial charge in [0.25, 0.3) is 0 Å². The predicted molar refractivity (Wildman–Crippen MR) is 97.4 cm³/mol. The van der Waals surface area contributed by atoms with Crippen LogP contribution in [0.3, 0.4) is 0 Å². The Bertz CT molecular complexity index is 917. The van der Waals surface area contributed by atoms with Gasteiger partial charge in [-0.05, 0) is 49.3 Å². The van der Waals surface area contributed by atoms with Crippen LogP contribution >= 0.6 is 11.9 Å². The van der Waals surface area contributed by atoms with Gasteiger partial charge in [0.05, 0.1) is 24.0 Å². The Morgan fingerprint density at radius 2 is 2.03 bits per heavy atom. The first-order valence-electron chi connectivity index (χ1n) is 8.47. The normalized spacial score (nSPS) is 13.1. The lowest BCUT2D eigenvalue weighted by Crippen LogP contribution is -2.23. The molecule has 2 heterocycles. The number of rotatable bonds is 4. The molecule has 0 bridgehead atoms. The molecule has 0 aliphatic heterocycles. The number of carbonyl (C=O) groups is 1. The highest BCUT2D eigenvalue weighted by Gasteiger charge is 2.31. The molecular weight excluding hydrogens is 438 g/mol. The number of urea groups is 1. The molecule has 7 nitrogen and oxygen atoms in total. The van der Waals surface area contributed by atoms with Gasteiger partial charge in [-0.25, -0.2) is 13.9 Å². The van der Waals surface area contributed by atoms with Gasteiger partial charge in [0.2, 0.25) is 0 Å². The number of alkyl halides is 5. The molecule has 1 aliphatic rings. The number of fused-ring (bicyclic) bond motifs is 1. The molecule has 30 heavy (non-hydrogen) atoms. The molecular formula is C16H18F6N6OS. The van der Waals surface area contributed by atoms with Crippen molar-refractivity contribution in [3.05, 3.63) is 34.5 Å². The van der Waals surface area contributed by atoms with Crippen molar-refractivity contribution < 1.29 is 31.1 Å². The van der Waals surface area contributed by atoms with Crippen molar-refractivity contribution in [1.82, 2.24) is 14.8 Å². The number of primary amides is 1. The smallest absolute Gasteiger partial charge is 0.351 e. The third kappa shape index (κ3) is 6.01. The number of aryl methyl sites for hydroxylation is 1. The maximum absolute atomic E-state index is 12.5. The topological polar surface area (TPSA) is 112 Å². The van der Waals surface area contributed by atoms with Crippen LogP contribution in [0.15, 0.2) is 11.2 Å². The summed E-state index contributed by atoms with van der Waals surface area (Å²) < 4.78 is 73.8. The molecule has 0 fully saturated rings. The van der Waals surface area contributed by atoms with E-state index >= 15 is 0 Å². The predicted octanol–water partition coefficient (Wildman–Crippen LogP) is 3.86. The SMILES string of the molecule is Cc1c(CC(F)(F)F)nc2c(c1NC(N)=O)CCC2.NSc1nn(C(F)F)cc1F. The minimum atomic E-state index is -4.32. The fourth-order valence-electron chi connectivity index (χ4n) is 2.92. The number of amides is 2. The van der Waals surface area contributed by atoms with Crippen LogP contribution in [0.25, 0.3) is 0 Å². The van der Waals surface area contributed by atoms with Gasteiger partial charge in [-0.3, -0.25) is 10.1 Å². The van der Waals surface area contributed by atoms with E-state index in [1.807, 2.05) is 0 Å². The number of pyridine rings is 1. The van der Waals surface area contributed by atoms with Crippen molar-refractivity contribution in [2.45, 2.75) is 50.4 Å². The molecule has 0 atom stereocenters. The molecule has 166 valence electrons. The number of carbonyl (C=O) groups excluding carboxylic acids is 1. The third-order valence-corrected chi connectivity index (χ3v) is 4.65. The first-order chi connectivity index (χ1) is 13.9. The number of hydrogen-bond acceptors (Lipinski definition) is 5. The zero-order chi connectivity index (χ0) is 22.6. The van der Waals surface area contributed by atoms with Gasteiger partial charge in [0.1, 0.15) is 0 Å². The summed E-state index contributed by atoms with van der Waals surface area (Å²) in [5, 5.41) is 10.3. The Hall–Kier alpha value is -2.48. The van der Waals surface area contributed by atoms with E-state index < -0.39 is 31.0 Å². The van der Waals surface area contributed by atoms with Crippen LogP contribution in [0.2, 0.25) is 0 Å². The first-order valence-corrected chi connectivity index (χ1v) is 9.34. The summed E-state index contributed by atoms with van der Waals surface area (Å²) >= 11 is 0.493. The fourth-order valence-corrected chi connectivity index (χ4v) is 3.23. The fraction of sp³-hybridized carbons (Fsp3) is 0.438.